The second-order valence-corrected chi connectivity index (χ2v) is 37.4. The van der Waals surface area contributed by atoms with Gasteiger partial charge in [-0.15, -0.1) is 0 Å². The van der Waals surface area contributed by atoms with E-state index in [1.165, 1.54) is 32.4 Å². The second kappa shape index (κ2) is 46.9. The minimum absolute atomic E-state index is 0.0117. The number of amides is 3. The molecule has 4 aromatic heterocycles. The van der Waals surface area contributed by atoms with Crippen LogP contribution in [0.5, 0.6) is 0 Å². The van der Waals surface area contributed by atoms with E-state index in [-0.39, 0.29) is 47.4 Å². The Kier molecular flexibility index (Phi) is 34.9. The van der Waals surface area contributed by atoms with E-state index in [4.69, 9.17) is 78.8 Å². The van der Waals surface area contributed by atoms with Crippen molar-refractivity contribution < 1.29 is 38.2 Å². The number of nitrogens with two attached hydrogens (primary N) is 4. The van der Waals surface area contributed by atoms with Crippen LogP contribution in [0.1, 0.15) is 237 Å². The minimum Gasteiger partial charge on any atom is -0.460 e. The van der Waals surface area contributed by atoms with Crippen molar-refractivity contribution in [3.8, 4) is 47.4 Å². The van der Waals surface area contributed by atoms with Gasteiger partial charge in [0, 0.05) is 184 Å². The van der Waals surface area contributed by atoms with Gasteiger partial charge in [0.25, 0.3) is 11.8 Å². The van der Waals surface area contributed by atoms with Gasteiger partial charge in [-0.1, -0.05) is 168 Å². The largest absolute Gasteiger partial charge is 0.460 e. The molecule has 0 bridgehead atoms. The van der Waals surface area contributed by atoms with E-state index >= 15 is 0 Å². The average Bonchev–Trinajstić information content (AvgIpc) is 0.813. The maximum Gasteiger partial charge on any atom is 0.407 e. The van der Waals surface area contributed by atoms with Crippen molar-refractivity contribution >= 4 is 148 Å². The maximum atomic E-state index is 13.0. The molecule has 12 aromatic rings. The fourth-order valence-electron chi connectivity index (χ4n) is 16.0. The molecule has 9 N–H and O–H groups in total. The Balaban J connectivity index is 0.000000161. The van der Waals surface area contributed by atoms with E-state index in [9.17, 15) is 28.8 Å². The van der Waals surface area contributed by atoms with Gasteiger partial charge in [0.2, 0.25) is 0 Å². The van der Waals surface area contributed by atoms with Crippen LogP contribution >= 0.6 is 46.4 Å². The summed E-state index contributed by atoms with van der Waals surface area (Å²) in [7, 11) is 1.87. The molecule has 24 heteroatoms. The van der Waals surface area contributed by atoms with Crippen LogP contribution in [-0.2, 0) is 14.3 Å². The summed E-state index contributed by atoms with van der Waals surface area (Å²) >= 11 is 24.6. The summed E-state index contributed by atoms with van der Waals surface area (Å²) in [5, 5.41) is 12.6. The molecule has 20 nitrogen and oxygen atoms in total. The highest BCUT2D eigenvalue weighted by atomic mass is 35.5. The highest BCUT2D eigenvalue weighted by molar-refractivity contribution is 6.32. The van der Waals surface area contributed by atoms with Gasteiger partial charge in [-0.05, 0) is 259 Å². The number of halogens is 4. The maximum absolute atomic E-state index is 13.0. The summed E-state index contributed by atoms with van der Waals surface area (Å²) in [6, 6.07) is 51.6. The Labute approximate surface area is 799 Å². The number of likely N-dealkylation sites (tertiary alicyclic amines) is 2. The Hall–Kier alpha value is -13.0. The third-order valence-electron chi connectivity index (χ3n) is 23.1. The fraction of sp³-hybridized carbons (Fsp3) is 0.321. The van der Waals surface area contributed by atoms with Gasteiger partial charge in [-0.3, -0.25) is 24.0 Å². The Bertz CT molecular complexity index is 6470. The quantitative estimate of drug-likeness (QED) is 0.0245. The molecule has 0 radical (unpaired) electrons. The number of carbonyl (C=O) groups excluding carboxylic acids is 6. The molecule has 6 heterocycles. The van der Waals surface area contributed by atoms with Gasteiger partial charge >= 0.3 is 12.1 Å². The van der Waals surface area contributed by atoms with E-state index in [1.807, 2.05) is 199 Å². The normalized spacial score (nSPS) is 14.3. The molecule has 0 spiro atoms. The molecule has 1 aliphatic carbocycles. The topological polar surface area (TPSA) is 298 Å². The Morgan fingerprint density at radius 3 is 1.18 bits per heavy atom. The lowest BCUT2D eigenvalue weighted by atomic mass is 9.82. The standard InChI is InChI=1S/C30H32ClN3O3.C29H30ClN3O3.C27H29ClN4O.C23H21ClN2O/c1-30(2,3)37-29(36)34-24-13-6-20(7-14-24)16-27(35)21-9-4-19(5-10-21)8-15-25-26-17-23(31)12-11-22(26)18-33-28(25)32;1-29(2,3)36-26(34)16-20-12-14-33(15-13-20)28(35)21-7-4-19(5-8-21)6-11-24-25-17-23(30)10-9-22(25)18-32-27(24)31;1-31(14-5-17-32-15-3-2-4-16-32)27(33)21-9-6-20(7-10-21)8-13-24-25-18-23(28)12-11-22(25)19-30-26(24)29;1-2-3-4-5-22(27)17-9-6-16(7-10-17)8-13-20-21-14-19(24)12-11-18(21)15-26-23(20)25/h4-5,9-12,17-18,20,24H,6-7,13-14,16H2,1-3H3,(H2,32,33)(H,34,36);4-5,7-10,17-18,20H,12-16H2,1-3H3,(H2,31,32);6-7,9-12,18-19H,2-5,14-17H2,1H3,(H2,29,30);6-7,9-12,14-15H,2-5H2,1H3,(H2,25,26). The number of Topliss-reactive ketones (excluding diaryl/α,β-unsaturated/α-hetero) is 2. The molecule has 133 heavy (non-hydrogen) atoms. The van der Waals surface area contributed by atoms with Crippen LogP contribution < -0.4 is 28.3 Å². The predicted octanol–water partition coefficient (Wildman–Crippen LogP) is 22.4. The number of nitrogens with one attached hydrogen (secondary N) is 1. The van der Waals surface area contributed by atoms with Crippen LogP contribution in [0.25, 0.3) is 43.1 Å². The lowest BCUT2D eigenvalue weighted by molar-refractivity contribution is -0.156. The summed E-state index contributed by atoms with van der Waals surface area (Å²) in [5.41, 5.74) is 31.7. The zero-order valence-corrected chi connectivity index (χ0v) is 79.5. The molecule has 15 rings (SSSR count). The van der Waals surface area contributed by atoms with Crippen molar-refractivity contribution in [2.75, 3.05) is 69.3 Å². The van der Waals surface area contributed by atoms with Crippen molar-refractivity contribution in [2.45, 2.75) is 168 Å². The number of aromatic nitrogens is 4. The van der Waals surface area contributed by atoms with Crippen LogP contribution in [0.3, 0.4) is 0 Å². The SMILES string of the molecule is CC(C)(C)OC(=O)CC1CCN(C(=O)c2ccc(C#Cc3c(N)ncc4ccc(Cl)cc34)cc2)CC1.CC(C)(C)OC(=O)NC1CCC(CC(=O)c2ccc(C#Cc3c(N)ncc4ccc(Cl)cc34)cc2)CC1.CCCCCC(=O)c1ccc(C#Cc2c(N)ncc3ccc(Cl)cc23)cc1.CN(CCCN1CCCCC1)C(=O)c1ccc(C#Cc2c(N)ncc3ccc(Cl)cc23)cc1. The fourth-order valence-corrected chi connectivity index (χ4v) is 16.6. The monoisotopic (exact) mass is 1860 g/mol. The minimum atomic E-state index is -0.510. The van der Waals surface area contributed by atoms with Gasteiger partial charge in [0.15, 0.2) is 11.6 Å². The summed E-state index contributed by atoms with van der Waals surface area (Å²) in [6.45, 7) is 18.7. The van der Waals surface area contributed by atoms with E-state index in [1.54, 1.807) is 54.0 Å². The molecular formula is C109H112Cl4N12O8. The highest BCUT2D eigenvalue weighted by Gasteiger charge is 2.30. The number of alkyl carbamates (subject to hydrolysis) is 1. The van der Waals surface area contributed by atoms with Crippen molar-refractivity contribution in [1.29, 1.82) is 0 Å². The number of nitrogens with zero attached hydrogens (tertiary/aromatic N) is 7. The third kappa shape index (κ3) is 29.2. The molecule has 684 valence electrons. The Morgan fingerprint density at radius 2 is 0.797 bits per heavy atom. The lowest BCUT2D eigenvalue weighted by Crippen LogP contribution is -2.41. The molecule has 3 fully saturated rings. The Morgan fingerprint density at radius 1 is 0.429 bits per heavy atom. The van der Waals surface area contributed by atoms with Gasteiger partial charge < -0.3 is 52.4 Å². The highest BCUT2D eigenvalue weighted by Crippen LogP contribution is 2.33. The van der Waals surface area contributed by atoms with Crippen LogP contribution in [0.2, 0.25) is 20.1 Å². The summed E-state index contributed by atoms with van der Waals surface area (Å²) < 4.78 is 10.8. The smallest absolute Gasteiger partial charge is 0.407 e. The van der Waals surface area contributed by atoms with Gasteiger partial charge in [0.1, 0.15) is 34.5 Å². The number of carbonyl (C=O) groups is 6. The van der Waals surface area contributed by atoms with Crippen molar-refractivity contribution in [3.63, 3.8) is 0 Å². The van der Waals surface area contributed by atoms with E-state index in [2.05, 4.69) is 84.4 Å². The number of pyridine rings is 4. The molecule has 2 saturated heterocycles. The molecule has 0 atom stereocenters. The predicted molar refractivity (Wildman–Crippen MR) is 538 cm³/mol. The first-order valence-electron chi connectivity index (χ1n) is 45.1. The first kappa shape index (κ1) is 99.0. The van der Waals surface area contributed by atoms with Crippen molar-refractivity contribution in [3.05, 3.63) is 281 Å². The number of rotatable bonds is 17. The number of anilines is 4. The summed E-state index contributed by atoms with van der Waals surface area (Å²) in [4.78, 5) is 98.0. The third-order valence-corrected chi connectivity index (χ3v) is 24.1. The van der Waals surface area contributed by atoms with Gasteiger partial charge in [-0.25, -0.2) is 24.7 Å². The van der Waals surface area contributed by atoms with Gasteiger partial charge in [0.05, 0.1) is 22.3 Å². The molecule has 1 saturated carbocycles. The van der Waals surface area contributed by atoms with Crippen molar-refractivity contribution in [1.82, 2.24) is 40.0 Å². The first-order valence-corrected chi connectivity index (χ1v) is 46.6. The number of hydrogen-bond donors (Lipinski definition) is 5. The number of fused-ring (bicyclic) bond motifs is 4. The first-order chi connectivity index (χ1) is 63.7. The van der Waals surface area contributed by atoms with Crippen LogP contribution in [0, 0.1) is 59.2 Å². The van der Waals surface area contributed by atoms with Gasteiger partial charge in [-0.2, -0.15) is 0 Å². The summed E-state index contributed by atoms with van der Waals surface area (Å²) in [5.74, 6) is 27.1. The second-order valence-electron chi connectivity index (χ2n) is 35.7. The van der Waals surface area contributed by atoms with Crippen LogP contribution in [-0.4, -0.2) is 134 Å². The number of hydrogen-bond acceptors (Lipinski definition) is 17. The number of benzene rings is 8. The molecule has 0 unspecified atom stereocenters. The summed E-state index contributed by atoms with van der Waals surface area (Å²) in [6.07, 6.45) is 21.1. The molecule has 3 amide bonds. The van der Waals surface area contributed by atoms with Crippen molar-refractivity contribution in [2.24, 2.45) is 11.8 Å². The number of ketones is 2. The molecule has 2 aliphatic heterocycles. The molecule has 3 aliphatic rings. The average molecular weight is 1860 g/mol. The van der Waals surface area contributed by atoms with Crippen LogP contribution in [0.15, 0.2) is 195 Å². The zero-order chi connectivity index (χ0) is 94.9. The number of esters is 1. The van der Waals surface area contributed by atoms with Crippen LogP contribution in [0.4, 0.5) is 28.1 Å². The zero-order valence-electron chi connectivity index (χ0n) is 76.5. The van der Waals surface area contributed by atoms with E-state index in [0.29, 0.717) is 121 Å². The number of ether oxygens (including phenoxy) is 2. The molecule has 8 aromatic carbocycles. The molecular weight excluding hydrogens is 1750 g/mol. The number of unbranched alkanes of at least 4 members (excludes halogenated alkanes) is 2. The van der Waals surface area contributed by atoms with E-state index < -0.39 is 11.2 Å². The number of nitrogen functional groups attached to an aromatic ring is 4. The lowest BCUT2D eigenvalue weighted by Gasteiger charge is -2.32. The van der Waals surface area contributed by atoms with E-state index in [0.717, 1.165) is 148 Å². The number of piperidine rings is 2.